The minimum absolute atomic E-state index is 0.0257. The average molecular weight is 344 g/mol. The summed E-state index contributed by atoms with van der Waals surface area (Å²) in [6, 6.07) is 4.88. The Balaban J connectivity index is 2.68. The number of benzene rings is 1. The topological polar surface area (TPSA) is 58.6 Å². The number of nitrogens with one attached hydrogen (secondary N) is 1. The van der Waals surface area contributed by atoms with Crippen LogP contribution in [0.15, 0.2) is 18.2 Å². The molecule has 0 spiro atoms. The molecule has 1 rings (SSSR count). The largest absolute Gasteiger partial charge is 0.504 e. The van der Waals surface area contributed by atoms with Crippen molar-refractivity contribution in [3.05, 3.63) is 23.8 Å². The zero-order valence-electron chi connectivity index (χ0n) is 12.2. The molecule has 5 heteroatoms. The summed E-state index contributed by atoms with van der Waals surface area (Å²) in [5.74, 6) is -0.102. The van der Waals surface area contributed by atoms with Gasteiger partial charge in [-0.2, -0.15) is 0 Å². The molecular formula is C15H22BrNO3. The van der Waals surface area contributed by atoms with Gasteiger partial charge in [0, 0.05) is 11.9 Å². The Bertz CT molecular complexity index is 460. The second kappa shape index (κ2) is 7.53. The summed E-state index contributed by atoms with van der Waals surface area (Å²) in [6.07, 6.45) is 2.08. The number of hydrogen-bond donors (Lipinski definition) is 2. The van der Waals surface area contributed by atoms with Crippen molar-refractivity contribution in [2.24, 2.45) is 5.41 Å². The van der Waals surface area contributed by atoms with Gasteiger partial charge < -0.3 is 15.2 Å². The van der Waals surface area contributed by atoms with Gasteiger partial charge in [-0.3, -0.25) is 4.79 Å². The summed E-state index contributed by atoms with van der Waals surface area (Å²) in [7, 11) is 1.46. The number of ether oxygens (including phenoxy) is 1. The number of carbonyl (C=O) groups excluding carboxylic acids is 1. The van der Waals surface area contributed by atoms with Gasteiger partial charge in [-0.1, -0.05) is 35.8 Å². The molecule has 0 aliphatic carbocycles. The molecular weight excluding hydrogens is 322 g/mol. The smallest absolute Gasteiger partial charge is 0.255 e. The van der Waals surface area contributed by atoms with Gasteiger partial charge in [0.1, 0.15) is 0 Å². The van der Waals surface area contributed by atoms with Gasteiger partial charge in [0.05, 0.1) is 12.7 Å². The van der Waals surface area contributed by atoms with Gasteiger partial charge in [-0.25, -0.2) is 0 Å². The molecule has 0 saturated heterocycles. The number of phenols is 1. The summed E-state index contributed by atoms with van der Waals surface area (Å²) >= 11 is 3.41. The van der Waals surface area contributed by atoms with E-state index >= 15 is 0 Å². The lowest BCUT2D eigenvalue weighted by molar-refractivity contribution is 0.0931. The van der Waals surface area contributed by atoms with Crippen molar-refractivity contribution in [3.63, 3.8) is 0 Å². The number of methoxy groups -OCH3 is 1. The van der Waals surface area contributed by atoms with Gasteiger partial charge >= 0.3 is 0 Å². The highest BCUT2D eigenvalue weighted by atomic mass is 79.9. The van der Waals surface area contributed by atoms with Crippen molar-refractivity contribution in [2.75, 3.05) is 19.0 Å². The molecule has 0 aromatic heterocycles. The number of rotatable bonds is 7. The zero-order chi connectivity index (χ0) is 15.2. The molecule has 0 heterocycles. The SMILES string of the molecule is COc1cccc(C(=O)NCC(C)(C)CCCBr)c1O. The number of para-hydroxylation sites is 1. The minimum Gasteiger partial charge on any atom is -0.504 e. The number of hydrogen-bond acceptors (Lipinski definition) is 3. The van der Waals surface area contributed by atoms with Gasteiger partial charge in [0.2, 0.25) is 0 Å². The molecule has 0 aliphatic heterocycles. The van der Waals surface area contributed by atoms with Crippen LogP contribution < -0.4 is 10.1 Å². The highest BCUT2D eigenvalue weighted by Gasteiger charge is 2.20. The first-order valence-electron chi connectivity index (χ1n) is 6.61. The van der Waals surface area contributed by atoms with Crippen LogP contribution in [0.25, 0.3) is 0 Å². The molecule has 20 heavy (non-hydrogen) atoms. The third kappa shape index (κ3) is 4.71. The maximum Gasteiger partial charge on any atom is 0.255 e. The van der Waals surface area contributed by atoms with E-state index in [2.05, 4.69) is 35.1 Å². The fourth-order valence-corrected chi connectivity index (χ4v) is 2.20. The number of amides is 1. The molecule has 0 radical (unpaired) electrons. The van der Waals surface area contributed by atoms with Crippen molar-refractivity contribution in [1.82, 2.24) is 5.32 Å². The van der Waals surface area contributed by atoms with Crippen LogP contribution in [0.5, 0.6) is 11.5 Å². The van der Waals surface area contributed by atoms with Crippen molar-refractivity contribution in [2.45, 2.75) is 26.7 Å². The third-order valence-corrected chi connectivity index (χ3v) is 3.74. The molecule has 1 aromatic rings. The van der Waals surface area contributed by atoms with Crippen LogP contribution >= 0.6 is 15.9 Å². The van der Waals surface area contributed by atoms with E-state index in [4.69, 9.17) is 4.74 Å². The summed E-state index contributed by atoms with van der Waals surface area (Å²) in [6.45, 7) is 4.79. The van der Waals surface area contributed by atoms with Crippen LogP contribution in [0.3, 0.4) is 0 Å². The van der Waals surface area contributed by atoms with E-state index in [1.165, 1.54) is 7.11 Å². The van der Waals surface area contributed by atoms with Crippen LogP contribution in [0.2, 0.25) is 0 Å². The normalized spacial score (nSPS) is 11.2. The number of carbonyl (C=O) groups is 1. The maximum absolute atomic E-state index is 12.1. The third-order valence-electron chi connectivity index (χ3n) is 3.18. The van der Waals surface area contributed by atoms with Crippen LogP contribution in [0, 0.1) is 5.41 Å². The Kier molecular flexibility index (Phi) is 6.33. The first-order chi connectivity index (χ1) is 9.41. The summed E-state index contributed by atoms with van der Waals surface area (Å²) < 4.78 is 5.00. The minimum atomic E-state index is -0.284. The predicted octanol–water partition coefficient (Wildman–Crippen LogP) is 3.33. The molecule has 4 nitrogen and oxygen atoms in total. The Morgan fingerprint density at radius 2 is 2.15 bits per heavy atom. The Hall–Kier alpha value is -1.23. The van der Waals surface area contributed by atoms with Crippen LogP contribution in [-0.2, 0) is 0 Å². The zero-order valence-corrected chi connectivity index (χ0v) is 13.8. The van der Waals surface area contributed by atoms with Gasteiger partial charge in [0.15, 0.2) is 11.5 Å². The van der Waals surface area contributed by atoms with E-state index in [-0.39, 0.29) is 22.6 Å². The molecule has 0 saturated carbocycles. The monoisotopic (exact) mass is 343 g/mol. The number of phenolic OH excluding ortho intramolecular Hbond substituents is 1. The van der Waals surface area contributed by atoms with Crippen molar-refractivity contribution in [1.29, 1.82) is 0 Å². The Labute approximate surface area is 128 Å². The van der Waals surface area contributed by atoms with Crippen LogP contribution in [-0.4, -0.2) is 30.0 Å². The van der Waals surface area contributed by atoms with Gasteiger partial charge in [-0.05, 0) is 30.4 Å². The average Bonchev–Trinajstić information content (AvgIpc) is 2.43. The Morgan fingerprint density at radius 1 is 1.45 bits per heavy atom. The molecule has 0 fully saturated rings. The van der Waals surface area contributed by atoms with Crippen molar-refractivity contribution >= 4 is 21.8 Å². The van der Waals surface area contributed by atoms with Gasteiger partial charge in [0.25, 0.3) is 5.91 Å². The fourth-order valence-electron chi connectivity index (χ4n) is 1.92. The van der Waals surface area contributed by atoms with Gasteiger partial charge in [-0.15, -0.1) is 0 Å². The van der Waals surface area contributed by atoms with Crippen LogP contribution in [0.4, 0.5) is 0 Å². The summed E-state index contributed by atoms with van der Waals surface area (Å²) in [5, 5.41) is 13.8. The molecule has 0 atom stereocenters. The Morgan fingerprint density at radius 3 is 2.75 bits per heavy atom. The van der Waals surface area contributed by atoms with E-state index < -0.39 is 0 Å². The highest BCUT2D eigenvalue weighted by Crippen LogP contribution is 2.29. The van der Waals surface area contributed by atoms with Crippen molar-refractivity contribution in [3.8, 4) is 11.5 Å². The standard InChI is InChI=1S/C15H22BrNO3/c1-15(2,8-5-9-16)10-17-14(19)11-6-4-7-12(20-3)13(11)18/h4,6-7,18H,5,8-10H2,1-3H3,(H,17,19). The van der Waals surface area contributed by atoms with E-state index in [0.717, 1.165) is 18.2 Å². The lowest BCUT2D eigenvalue weighted by Gasteiger charge is -2.24. The fraction of sp³-hybridized carbons (Fsp3) is 0.533. The summed E-state index contributed by atoms with van der Waals surface area (Å²) in [5.41, 5.74) is 0.262. The first kappa shape index (κ1) is 16.8. The molecule has 1 aromatic carbocycles. The van der Waals surface area contributed by atoms with E-state index in [1.807, 2.05) is 0 Å². The lowest BCUT2D eigenvalue weighted by Crippen LogP contribution is -2.34. The molecule has 1 amide bonds. The van der Waals surface area contributed by atoms with E-state index in [0.29, 0.717) is 12.3 Å². The molecule has 112 valence electrons. The molecule has 0 unspecified atom stereocenters. The van der Waals surface area contributed by atoms with E-state index in [1.54, 1.807) is 18.2 Å². The predicted molar refractivity (Wildman–Crippen MR) is 83.8 cm³/mol. The van der Waals surface area contributed by atoms with Crippen molar-refractivity contribution < 1.29 is 14.6 Å². The molecule has 0 bridgehead atoms. The second-order valence-corrected chi connectivity index (χ2v) is 6.29. The quantitative estimate of drug-likeness (QED) is 0.746. The number of aromatic hydroxyl groups is 1. The molecule has 2 N–H and O–H groups in total. The lowest BCUT2D eigenvalue weighted by atomic mass is 9.88. The molecule has 0 aliphatic rings. The number of alkyl halides is 1. The second-order valence-electron chi connectivity index (χ2n) is 5.50. The summed E-state index contributed by atoms with van der Waals surface area (Å²) in [4.78, 5) is 12.1. The maximum atomic E-state index is 12.1. The highest BCUT2D eigenvalue weighted by molar-refractivity contribution is 9.09. The van der Waals surface area contributed by atoms with E-state index in [9.17, 15) is 9.90 Å². The number of halogens is 1. The van der Waals surface area contributed by atoms with Crippen LogP contribution in [0.1, 0.15) is 37.0 Å². The first-order valence-corrected chi connectivity index (χ1v) is 7.73.